The molecule has 1 N–H and O–H groups in total. The van der Waals surface area contributed by atoms with Crippen molar-refractivity contribution in [1.82, 2.24) is 14.7 Å². The fourth-order valence-corrected chi connectivity index (χ4v) is 4.29. The van der Waals surface area contributed by atoms with E-state index in [0.717, 1.165) is 22.4 Å². The summed E-state index contributed by atoms with van der Waals surface area (Å²) in [6.07, 6.45) is 3.80. The smallest absolute Gasteiger partial charge is 0.328 e. The van der Waals surface area contributed by atoms with E-state index >= 15 is 0 Å². The number of benzene rings is 3. The van der Waals surface area contributed by atoms with E-state index in [4.69, 9.17) is 21.1 Å². The van der Waals surface area contributed by atoms with Crippen molar-refractivity contribution in [2.24, 2.45) is 0 Å². The SMILES string of the molecule is COC(=O)[C@H](Cc1ccc(OCc2ccccc2)cc1)NC(=O)c1ccc2nc(-c3ccc(Cl)cc3)cn2c1. The number of esters is 1. The molecule has 5 aromatic rings. The first-order chi connectivity index (χ1) is 19.0. The van der Waals surface area contributed by atoms with Gasteiger partial charge in [0.05, 0.1) is 18.4 Å². The number of ether oxygens (including phenoxy) is 2. The van der Waals surface area contributed by atoms with E-state index in [1.165, 1.54) is 7.11 Å². The summed E-state index contributed by atoms with van der Waals surface area (Å²) in [5, 5.41) is 3.46. The second kappa shape index (κ2) is 11.8. The van der Waals surface area contributed by atoms with Gasteiger partial charge >= 0.3 is 5.97 Å². The van der Waals surface area contributed by atoms with E-state index in [9.17, 15) is 9.59 Å². The van der Waals surface area contributed by atoms with E-state index in [2.05, 4.69) is 10.3 Å². The molecule has 5 rings (SSSR count). The fraction of sp³-hybridized carbons (Fsp3) is 0.129. The van der Waals surface area contributed by atoms with Gasteiger partial charge in [-0.1, -0.05) is 66.2 Å². The number of carbonyl (C=O) groups excluding carboxylic acids is 2. The monoisotopic (exact) mass is 539 g/mol. The molecule has 1 atom stereocenters. The number of carbonyl (C=O) groups is 2. The zero-order valence-electron chi connectivity index (χ0n) is 21.2. The third-order valence-electron chi connectivity index (χ3n) is 6.26. The molecule has 39 heavy (non-hydrogen) atoms. The van der Waals surface area contributed by atoms with Crippen molar-refractivity contribution in [1.29, 1.82) is 0 Å². The van der Waals surface area contributed by atoms with Crippen LogP contribution in [0, 0.1) is 0 Å². The van der Waals surface area contributed by atoms with E-state index in [0.29, 0.717) is 28.6 Å². The minimum Gasteiger partial charge on any atom is -0.489 e. The summed E-state index contributed by atoms with van der Waals surface area (Å²) in [5.74, 6) is -0.203. The third-order valence-corrected chi connectivity index (χ3v) is 6.51. The predicted molar refractivity (Wildman–Crippen MR) is 150 cm³/mol. The summed E-state index contributed by atoms with van der Waals surface area (Å²) in [4.78, 5) is 30.2. The van der Waals surface area contributed by atoms with Crippen LogP contribution in [0.4, 0.5) is 0 Å². The predicted octanol–water partition coefficient (Wildman–Crippen LogP) is 5.75. The second-order valence-electron chi connectivity index (χ2n) is 8.99. The molecule has 0 spiro atoms. The van der Waals surface area contributed by atoms with Gasteiger partial charge in [-0.15, -0.1) is 0 Å². The molecule has 0 aliphatic heterocycles. The lowest BCUT2D eigenvalue weighted by Crippen LogP contribution is -2.43. The Hall–Kier alpha value is -4.62. The van der Waals surface area contributed by atoms with Gasteiger partial charge in [0.15, 0.2) is 0 Å². The van der Waals surface area contributed by atoms with E-state index in [-0.39, 0.29) is 6.42 Å². The van der Waals surface area contributed by atoms with Gasteiger partial charge in [0.25, 0.3) is 5.91 Å². The van der Waals surface area contributed by atoms with Crippen LogP contribution in [0.3, 0.4) is 0 Å². The van der Waals surface area contributed by atoms with Crippen LogP contribution in [0.1, 0.15) is 21.5 Å². The van der Waals surface area contributed by atoms with Gasteiger partial charge in [-0.25, -0.2) is 9.78 Å². The molecule has 2 aromatic heterocycles. The van der Waals surface area contributed by atoms with E-state index < -0.39 is 17.9 Å². The lowest BCUT2D eigenvalue weighted by atomic mass is 10.1. The maximum Gasteiger partial charge on any atom is 0.328 e. The Kier molecular flexibility index (Phi) is 7.89. The maximum atomic E-state index is 13.1. The lowest BCUT2D eigenvalue weighted by Gasteiger charge is -2.17. The van der Waals surface area contributed by atoms with Crippen LogP contribution in [-0.4, -0.2) is 34.4 Å². The molecule has 0 aliphatic rings. The zero-order valence-corrected chi connectivity index (χ0v) is 22.0. The largest absolute Gasteiger partial charge is 0.489 e. The summed E-state index contributed by atoms with van der Waals surface area (Å²) in [6.45, 7) is 0.462. The number of amides is 1. The van der Waals surface area contributed by atoms with Gasteiger partial charge in [0.2, 0.25) is 0 Å². The number of aromatic nitrogens is 2. The van der Waals surface area contributed by atoms with Crippen LogP contribution in [0.15, 0.2) is 103 Å². The average molecular weight is 540 g/mol. The molecule has 0 saturated carbocycles. The molecule has 3 aromatic carbocycles. The zero-order chi connectivity index (χ0) is 27.2. The first-order valence-corrected chi connectivity index (χ1v) is 12.8. The highest BCUT2D eigenvalue weighted by Crippen LogP contribution is 2.22. The van der Waals surface area contributed by atoms with Crippen molar-refractivity contribution < 1.29 is 19.1 Å². The van der Waals surface area contributed by atoms with Crippen LogP contribution in [0.5, 0.6) is 5.75 Å². The van der Waals surface area contributed by atoms with Gasteiger partial charge < -0.3 is 19.2 Å². The van der Waals surface area contributed by atoms with Gasteiger partial charge in [0.1, 0.15) is 24.0 Å². The molecule has 0 fully saturated rings. The van der Waals surface area contributed by atoms with Crippen LogP contribution in [0.2, 0.25) is 5.02 Å². The molecular weight excluding hydrogens is 514 g/mol. The standard InChI is InChI=1S/C31H26ClN3O4/c1-38-31(37)27(17-21-7-14-26(15-8-21)39-20-22-5-3-2-4-6-22)34-30(36)24-11-16-29-33-28(19-35(29)18-24)23-9-12-25(32)13-10-23/h2-16,18-19,27H,17,20H2,1H3,(H,34,36)/t27-/m0/s1. The molecule has 0 unspecified atom stereocenters. The number of imidazole rings is 1. The van der Waals surface area contributed by atoms with Crippen LogP contribution >= 0.6 is 11.6 Å². The minimum atomic E-state index is -0.860. The second-order valence-corrected chi connectivity index (χ2v) is 9.42. The van der Waals surface area contributed by atoms with Crippen molar-refractivity contribution in [3.8, 4) is 17.0 Å². The van der Waals surface area contributed by atoms with Gasteiger partial charge in [-0.2, -0.15) is 0 Å². The molecule has 8 heteroatoms. The highest BCUT2D eigenvalue weighted by atomic mass is 35.5. The molecular formula is C31H26ClN3O4. The number of methoxy groups -OCH3 is 1. The molecule has 1 amide bonds. The Morgan fingerprint density at radius 2 is 1.64 bits per heavy atom. The molecule has 0 bridgehead atoms. The Morgan fingerprint density at radius 3 is 2.36 bits per heavy atom. The number of hydrogen-bond acceptors (Lipinski definition) is 5. The van der Waals surface area contributed by atoms with Crippen LogP contribution in [-0.2, 0) is 22.6 Å². The Morgan fingerprint density at radius 1 is 0.897 bits per heavy atom. The minimum absolute atomic E-state index is 0.269. The Balaban J connectivity index is 1.26. The molecule has 2 heterocycles. The van der Waals surface area contributed by atoms with Gasteiger partial charge in [0, 0.05) is 29.4 Å². The average Bonchev–Trinajstić information content (AvgIpc) is 3.40. The summed E-state index contributed by atoms with van der Waals surface area (Å²) in [5.41, 5.74) is 4.68. The molecule has 7 nitrogen and oxygen atoms in total. The van der Waals surface area contributed by atoms with Crippen LogP contribution in [0.25, 0.3) is 16.9 Å². The van der Waals surface area contributed by atoms with E-state index in [1.54, 1.807) is 34.9 Å². The van der Waals surface area contributed by atoms with E-state index in [1.807, 2.05) is 72.9 Å². The highest BCUT2D eigenvalue weighted by Gasteiger charge is 2.23. The first kappa shape index (κ1) is 26.0. The van der Waals surface area contributed by atoms with Gasteiger partial charge in [-0.3, -0.25) is 4.79 Å². The number of pyridine rings is 1. The number of hydrogen-bond donors (Lipinski definition) is 1. The number of rotatable bonds is 9. The fourth-order valence-electron chi connectivity index (χ4n) is 4.16. The normalized spacial score (nSPS) is 11.6. The summed E-state index contributed by atoms with van der Waals surface area (Å²) >= 11 is 5.99. The lowest BCUT2D eigenvalue weighted by molar-refractivity contribution is -0.142. The van der Waals surface area contributed by atoms with Gasteiger partial charge in [-0.05, 0) is 47.5 Å². The van der Waals surface area contributed by atoms with Crippen LogP contribution < -0.4 is 10.1 Å². The van der Waals surface area contributed by atoms with Crippen molar-refractivity contribution in [2.75, 3.05) is 7.11 Å². The summed E-state index contributed by atoms with van der Waals surface area (Å²) in [6, 6.07) is 27.3. The number of fused-ring (bicyclic) bond motifs is 1. The highest BCUT2D eigenvalue weighted by molar-refractivity contribution is 6.30. The number of nitrogens with zero attached hydrogens (tertiary/aromatic N) is 2. The molecule has 196 valence electrons. The number of halogens is 1. The maximum absolute atomic E-state index is 13.1. The Bertz CT molecular complexity index is 1580. The molecule has 0 aliphatic carbocycles. The van der Waals surface area contributed by atoms with Crippen molar-refractivity contribution >= 4 is 29.1 Å². The Labute approximate surface area is 231 Å². The van der Waals surface area contributed by atoms with Crippen molar-refractivity contribution in [3.05, 3.63) is 125 Å². The molecule has 0 radical (unpaired) electrons. The number of nitrogens with one attached hydrogen (secondary N) is 1. The quantitative estimate of drug-likeness (QED) is 0.241. The third kappa shape index (κ3) is 6.45. The summed E-state index contributed by atoms with van der Waals surface area (Å²) < 4.78 is 12.6. The van der Waals surface area contributed by atoms with Crippen molar-refractivity contribution in [2.45, 2.75) is 19.1 Å². The summed E-state index contributed by atoms with van der Waals surface area (Å²) in [7, 11) is 1.30. The molecule has 0 saturated heterocycles. The topological polar surface area (TPSA) is 81.9 Å². The first-order valence-electron chi connectivity index (χ1n) is 12.4. The van der Waals surface area contributed by atoms with Crippen molar-refractivity contribution in [3.63, 3.8) is 0 Å².